The number of fused-ring (bicyclic) bond motifs is 1. The van der Waals surface area contributed by atoms with E-state index in [-0.39, 0.29) is 6.07 Å². The van der Waals surface area contributed by atoms with Gasteiger partial charge in [0.15, 0.2) is 11.3 Å². The standard InChI is InChI=1S/C11H4F9N3O2/c12-7(13)3-1-4-6(5(2-3)23(24)25)22-8(21-4)9(14,15)10(16,17)11(18,19)20/h1-2,7H,(H,21,22). The maximum Gasteiger partial charge on any atom is 0.460 e. The van der Waals surface area contributed by atoms with E-state index < -0.39 is 57.5 Å². The number of aromatic nitrogens is 2. The summed E-state index contributed by atoms with van der Waals surface area (Å²) in [6.07, 6.45) is -9.96. The first-order valence-electron chi connectivity index (χ1n) is 5.99. The third-order valence-electron chi connectivity index (χ3n) is 3.09. The molecule has 2 rings (SSSR count). The van der Waals surface area contributed by atoms with Crippen LogP contribution in [0.1, 0.15) is 17.8 Å². The van der Waals surface area contributed by atoms with Crippen molar-refractivity contribution in [3.05, 3.63) is 33.6 Å². The average Bonchev–Trinajstić information content (AvgIpc) is 2.88. The van der Waals surface area contributed by atoms with E-state index in [4.69, 9.17) is 0 Å². The Morgan fingerprint density at radius 1 is 1.08 bits per heavy atom. The van der Waals surface area contributed by atoms with E-state index in [1.807, 2.05) is 0 Å². The number of H-pyrrole nitrogens is 1. The molecule has 0 saturated carbocycles. The zero-order chi connectivity index (χ0) is 19.4. The van der Waals surface area contributed by atoms with Gasteiger partial charge < -0.3 is 4.98 Å². The molecule has 0 aliphatic carbocycles. The molecule has 1 heterocycles. The van der Waals surface area contributed by atoms with Crippen molar-refractivity contribution in [1.82, 2.24) is 9.97 Å². The SMILES string of the molecule is O=[N+]([O-])c1cc(C(F)F)cc2[nH]c(C(F)(F)C(F)(F)C(F)(F)F)nc12. The maximum absolute atomic E-state index is 13.6. The molecule has 0 radical (unpaired) electrons. The number of hydrogen-bond donors (Lipinski definition) is 1. The number of nitrogens with one attached hydrogen (secondary N) is 1. The van der Waals surface area contributed by atoms with E-state index in [1.54, 1.807) is 0 Å². The van der Waals surface area contributed by atoms with Crippen molar-refractivity contribution >= 4 is 16.7 Å². The highest BCUT2D eigenvalue weighted by atomic mass is 19.4. The summed E-state index contributed by atoms with van der Waals surface area (Å²) in [6, 6.07) is 0.628. The molecule has 0 fully saturated rings. The minimum absolute atomic E-state index is 0.248. The molecule has 0 aliphatic heterocycles. The van der Waals surface area contributed by atoms with Crippen molar-refractivity contribution in [2.45, 2.75) is 24.4 Å². The predicted molar refractivity (Wildman–Crippen MR) is 62.6 cm³/mol. The normalized spacial score (nSPS) is 13.7. The summed E-state index contributed by atoms with van der Waals surface area (Å²) in [5.74, 6) is -14.7. The highest BCUT2D eigenvalue weighted by Gasteiger charge is 2.75. The summed E-state index contributed by atoms with van der Waals surface area (Å²) in [5, 5.41) is 10.8. The largest absolute Gasteiger partial charge is 0.460 e. The van der Waals surface area contributed by atoms with Crippen LogP contribution in [-0.4, -0.2) is 27.0 Å². The first-order valence-corrected chi connectivity index (χ1v) is 5.99. The van der Waals surface area contributed by atoms with Crippen molar-refractivity contribution in [2.75, 3.05) is 0 Å². The van der Waals surface area contributed by atoms with Gasteiger partial charge in [0.2, 0.25) is 0 Å². The van der Waals surface area contributed by atoms with Gasteiger partial charge in [-0.1, -0.05) is 0 Å². The summed E-state index contributed by atoms with van der Waals surface area (Å²) in [5.41, 5.74) is -4.29. The van der Waals surface area contributed by atoms with E-state index in [0.29, 0.717) is 6.07 Å². The summed E-state index contributed by atoms with van der Waals surface area (Å²) in [7, 11) is 0. The summed E-state index contributed by atoms with van der Waals surface area (Å²) in [4.78, 5) is 13.5. The average molecular weight is 381 g/mol. The molecule has 25 heavy (non-hydrogen) atoms. The topological polar surface area (TPSA) is 71.8 Å². The number of nitro groups is 1. The second-order valence-corrected chi connectivity index (χ2v) is 4.73. The minimum atomic E-state index is -6.66. The molecule has 14 heteroatoms. The van der Waals surface area contributed by atoms with Gasteiger partial charge in [0.25, 0.3) is 12.1 Å². The smallest absolute Gasteiger partial charge is 0.336 e. The van der Waals surface area contributed by atoms with Crippen molar-refractivity contribution in [3.8, 4) is 0 Å². The number of nitro benzene ring substituents is 1. The number of aromatic amines is 1. The Bertz CT molecular complexity index is 828. The molecule has 1 aromatic heterocycles. The van der Waals surface area contributed by atoms with Crippen LogP contribution in [0.5, 0.6) is 0 Å². The zero-order valence-corrected chi connectivity index (χ0v) is 11.3. The number of halogens is 9. The van der Waals surface area contributed by atoms with E-state index in [2.05, 4.69) is 4.98 Å². The monoisotopic (exact) mass is 381 g/mol. The van der Waals surface area contributed by atoms with Gasteiger partial charge in [-0.2, -0.15) is 30.7 Å². The Morgan fingerprint density at radius 2 is 1.64 bits per heavy atom. The molecule has 138 valence electrons. The van der Waals surface area contributed by atoms with E-state index in [9.17, 15) is 49.6 Å². The Morgan fingerprint density at radius 3 is 2.08 bits per heavy atom. The lowest BCUT2D eigenvalue weighted by Gasteiger charge is -2.26. The van der Waals surface area contributed by atoms with Gasteiger partial charge in [0, 0.05) is 11.6 Å². The van der Waals surface area contributed by atoms with Crippen LogP contribution in [0.15, 0.2) is 12.1 Å². The van der Waals surface area contributed by atoms with E-state index in [1.165, 1.54) is 4.98 Å². The molecule has 0 bridgehead atoms. The van der Waals surface area contributed by atoms with Gasteiger partial charge in [-0.05, 0) is 6.07 Å². The van der Waals surface area contributed by atoms with Gasteiger partial charge in [0.05, 0.1) is 10.4 Å². The second kappa shape index (κ2) is 5.49. The molecule has 0 amide bonds. The van der Waals surface area contributed by atoms with Gasteiger partial charge >= 0.3 is 18.0 Å². The molecule has 0 aliphatic rings. The van der Waals surface area contributed by atoms with Gasteiger partial charge in [-0.3, -0.25) is 10.1 Å². The molecule has 0 spiro atoms. The number of imidazole rings is 1. The number of hydrogen-bond acceptors (Lipinski definition) is 3. The summed E-state index contributed by atoms with van der Waals surface area (Å²) >= 11 is 0. The number of alkyl halides is 9. The lowest BCUT2D eigenvalue weighted by molar-refractivity contribution is -0.383. The van der Waals surface area contributed by atoms with Crippen LogP contribution in [0.3, 0.4) is 0 Å². The number of nitrogens with zero attached hydrogens (tertiary/aromatic N) is 2. The molecule has 0 unspecified atom stereocenters. The van der Waals surface area contributed by atoms with Crippen LogP contribution in [0, 0.1) is 10.1 Å². The third kappa shape index (κ3) is 2.84. The fourth-order valence-corrected chi connectivity index (χ4v) is 1.86. The quantitative estimate of drug-likeness (QED) is 0.474. The van der Waals surface area contributed by atoms with Crippen molar-refractivity contribution < 1.29 is 44.4 Å². The Hall–Kier alpha value is -2.54. The van der Waals surface area contributed by atoms with Gasteiger partial charge in [0.1, 0.15) is 0 Å². The van der Waals surface area contributed by atoms with E-state index in [0.717, 1.165) is 0 Å². The fourth-order valence-electron chi connectivity index (χ4n) is 1.86. The van der Waals surface area contributed by atoms with Crippen LogP contribution < -0.4 is 0 Å². The van der Waals surface area contributed by atoms with Crippen LogP contribution in [0.2, 0.25) is 0 Å². The first kappa shape index (κ1) is 18.8. The summed E-state index contributed by atoms with van der Waals surface area (Å²) < 4.78 is 115. The molecule has 2 aromatic rings. The zero-order valence-electron chi connectivity index (χ0n) is 11.3. The van der Waals surface area contributed by atoms with Crippen LogP contribution in [0.25, 0.3) is 11.0 Å². The highest BCUT2D eigenvalue weighted by molar-refractivity contribution is 5.85. The van der Waals surface area contributed by atoms with Gasteiger partial charge in [-0.25, -0.2) is 13.8 Å². The second-order valence-electron chi connectivity index (χ2n) is 4.73. The molecular weight excluding hydrogens is 377 g/mol. The Labute approximate surface area is 130 Å². The third-order valence-corrected chi connectivity index (χ3v) is 3.09. The van der Waals surface area contributed by atoms with Crippen LogP contribution >= 0.6 is 0 Å². The molecule has 1 aromatic carbocycles. The van der Waals surface area contributed by atoms with Crippen molar-refractivity contribution in [2.24, 2.45) is 0 Å². The lowest BCUT2D eigenvalue weighted by Crippen LogP contribution is -2.50. The van der Waals surface area contributed by atoms with Gasteiger partial charge in [-0.15, -0.1) is 0 Å². The van der Waals surface area contributed by atoms with Crippen molar-refractivity contribution in [1.29, 1.82) is 0 Å². The molecule has 0 saturated heterocycles. The van der Waals surface area contributed by atoms with Crippen LogP contribution in [0.4, 0.5) is 45.2 Å². The molecular formula is C11H4F9N3O2. The summed E-state index contributed by atoms with van der Waals surface area (Å²) in [6.45, 7) is 0. The van der Waals surface area contributed by atoms with Crippen LogP contribution in [-0.2, 0) is 5.92 Å². The fraction of sp³-hybridized carbons (Fsp3) is 0.364. The predicted octanol–water partition coefficient (Wildman–Crippen LogP) is 4.70. The maximum atomic E-state index is 13.6. The Balaban J connectivity index is 2.73. The number of benzene rings is 1. The highest BCUT2D eigenvalue weighted by Crippen LogP contribution is 2.51. The molecule has 5 nitrogen and oxygen atoms in total. The molecule has 0 atom stereocenters. The lowest BCUT2D eigenvalue weighted by atomic mass is 10.1. The molecule has 1 N–H and O–H groups in total. The van der Waals surface area contributed by atoms with E-state index >= 15 is 0 Å². The number of rotatable bonds is 4. The Kier molecular flexibility index (Phi) is 4.13. The van der Waals surface area contributed by atoms with Crippen molar-refractivity contribution in [3.63, 3.8) is 0 Å². The minimum Gasteiger partial charge on any atom is -0.336 e. The first-order chi connectivity index (χ1) is 11.2. The number of non-ortho nitro benzene ring substituents is 1.